The van der Waals surface area contributed by atoms with Crippen LogP contribution in [0.15, 0.2) is 11.4 Å². The summed E-state index contributed by atoms with van der Waals surface area (Å²) in [4.78, 5) is 16.3. The largest absolute Gasteiger partial charge is 0.300 e. The summed E-state index contributed by atoms with van der Waals surface area (Å²) < 4.78 is 1.96. The molecule has 0 atom stereocenters. The maximum Gasteiger partial charge on any atom is 0.232 e. The number of nitrogens with zero attached hydrogens (tertiary/aromatic N) is 5. The van der Waals surface area contributed by atoms with E-state index in [1.165, 1.54) is 22.7 Å². The van der Waals surface area contributed by atoms with Gasteiger partial charge in [-0.25, -0.2) is 4.98 Å². The SMILES string of the molecule is Cc1cc(C)n(CCc2nnc(NC(=O)Cc3csc(C)n3)s2)n1. The standard InChI is InChI=1S/C15H18N6OS2/c1-9-6-10(2)21(20-9)5-4-14-18-19-15(24-14)17-13(22)7-12-8-23-11(3)16-12/h6,8H,4-5,7H2,1-3H3,(H,17,19,22). The van der Waals surface area contributed by atoms with Crippen LogP contribution in [0.25, 0.3) is 0 Å². The van der Waals surface area contributed by atoms with Gasteiger partial charge in [0.05, 0.1) is 22.8 Å². The topological polar surface area (TPSA) is 85.6 Å². The molecule has 0 aliphatic heterocycles. The van der Waals surface area contributed by atoms with Crippen LogP contribution < -0.4 is 5.32 Å². The van der Waals surface area contributed by atoms with Gasteiger partial charge in [-0.3, -0.25) is 9.48 Å². The van der Waals surface area contributed by atoms with Gasteiger partial charge in [-0.05, 0) is 26.8 Å². The van der Waals surface area contributed by atoms with E-state index in [9.17, 15) is 4.79 Å². The maximum atomic E-state index is 12.0. The first-order valence-electron chi connectivity index (χ1n) is 7.54. The third kappa shape index (κ3) is 4.24. The van der Waals surface area contributed by atoms with E-state index in [2.05, 4.69) is 25.6 Å². The average Bonchev–Trinajstić information content (AvgIpc) is 3.19. The van der Waals surface area contributed by atoms with Crippen molar-refractivity contribution >= 4 is 33.7 Å². The molecule has 0 aliphatic rings. The number of aromatic nitrogens is 5. The van der Waals surface area contributed by atoms with E-state index in [1.807, 2.05) is 36.9 Å². The molecule has 0 saturated heterocycles. The van der Waals surface area contributed by atoms with Gasteiger partial charge in [-0.15, -0.1) is 21.5 Å². The number of carbonyl (C=O) groups is 1. The Bertz CT molecular complexity index is 850. The predicted octanol–water partition coefficient (Wildman–Crippen LogP) is 2.54. The summed E-state index contributed by atoms with van der Waals surface area (Å²) in [6, 6.07) is 2.05. The summed E-state index contributed by atoms with van der Waals surface area (Å²) in [5, 5.41) is 19.6. The molecule has 0 bridgehead atoms. The lowest BCUT2D eigenvalue weighted by atomic mass is 10.3. The predicted molar refractivity (Wildman–Crippen MR) is 94.5 cm³/mol. The van der Waals surface area contributed by atoms with Crippen LogP contribution >= 0.6 is 22.7 Å². The van der Waals surface area contributed by atoms with Crippen molar-refractivity contribution in [1.82, 2.24) is 25.0 Å². The Morgan fingerprint density at radius 1 is 1.29 bits per heavy atom. The molecule has 0 saturated carbocycles. The van der Waals surface area contributed by atoms with Crippen LogP contribution in [-0.2, 0) is 24.2 Å². The van der Waals surface area contributed by atoms with E-state index in [4.69, 9.17) is 0 Å². The number of aryl methyl sites for hydroxylation is 5. The van der Waals surface area contributed by atoms with Crippen LogP contribution in [0.3, 0.4) is 0 Å². The summed E-state index contributed by atoms with van der Waals surface area (Å²) in [6.07, 6.45) is 0.992. The molecule has 1 N–H and O–H groups in total. The fourth-order valence-electron chi connectivity index (χ4n) is 2.33. The smallest absolute Gasteiger partial charge is 0.232 e. The second kappa shape index (κ2) is 7.18. The molecule has 1 amide bonds. The molecule has 0 radical (unpaired) electrons. The van der Waals surface area contributed by atoms with Crippen LogP contribution in [-0.4, -0.2) is 30.9 Å². The molecular weight excluding hydrogens is 344 g/mol. The van der Waals surface area contributed by atoms with E-state index in [0.29, 0.717) is 5.13 Å². The van der Waals surface area contributed by atoms with Gasteiger partial charge in [0.1, 0.15) is 5.01 Å². The number of hydrogen-bond acceptors (Lipinski definition) is 7. The number of nitrogens with one attached hydrogen (secondary N) is 1. The van der Waals surface area contributed by atoms with E-state index >= 15 is 0 Å². The molecule has 0 spiro atoms. The normalized spacial score (nSPS) is 11.0. The first kappa shape index (κ1) is 16.7. The Kier molecular flexibility index (Phi) is 5.00. The van der Waals surface area contributed by atoms with E-state index in [0.717, 1.165) is 40.1 Å². The molecule has 24 heavy (non-hydrogen) atoms. The minimum Gasteiger partial charge on any atom is -0.300 e. The molecular formula is C15H18N6OS2. The molecule has 9 heteroatoms. The van der Waals surface area contributed by atoms with Crippen molar-refractivity contribution in [2.45, 2.75) is 40.2 Å². The van der Waals surface area contributed by atoms with Gasteiger partial charge in [0.2, 0.25) is 11.0 Å². The Hall–Kier alpha value is -2.13. The van der Waals surface area contributed by atoms with Crippen LogP contribution in [0.5, 0.6) is 0 Å². The number of amides is 1. The number of hydrogen-bond donors (Lipinski definition) is 1. The first-order valence-corrected chi connectivity index (χ1v) is 9.23. The average molecular weight is 362 g/mol. The zero-order chi connectivity index (χ0) is 17.1. The summed E-state index contributed by atoms with van der Waals surface area (Å²) in [7, 11) is 0. The molecule has 0 fully saturated rings. The molecule has 0 aromatic carbocycles. The van der Waals surface area contributed by atoms with Crippen LogP contribution in [0.2, 0.25) is 0 Å². The monoisotopic (exact) mass is 362 g/mol. The number of anilines is 1. The van der Waals surface area contributed by atoms with Crippen LogP contribution in [0, 0.1) is 20.8 Å². The van der Waals surface area contributed by atoms with Gasteiger partial charge in [0.25, 0.3) is 0 Å². The van der Waals surface area contributed by atoms with Gasteiger partial charge in [-0.2, -0.15) is 5.10 Å². The van der Waals surface area contributed by atoms with Crippen molar-refractivity contribution in [3.05, 3.63) is 38.5 Å². The zero-order valence-electron chi connectivity index (χ0n) is 13.7. The molecule has 0 unspecified atom stereocenters. The zero-order valence-corrected chi connectivity index (χ0v) is 15.4. The first-order chi connectivity index (χ1) is 11.5. The third-order valence-electron chi connectivity index (χ3n) is 3.36. The van der Waals surface area contributed by atoms with Crippen molar-refractivity contribution in [2.24, 2.45) is 0 Å². The number of thiazole rings is 1. The number of carbonyl (C=O) groups excluding carboxylic acids is 1. The van der Waals surface area contributed by atoms with E-state index in [-0.39, 0.29) is 12.3 Å². The summed E-state index contributed by atoms with van der Waals surface area (Å²) >= 11 is 2.94. The summed E-state index contributed by atoms with van der Waals surface area (Å²) in [5.41, 5.74) is 2.92. The Morgan fingerprint density at radius 2 is 2.12 bits per heavy atom. The summed E-state index contributed by atoms with van der Waals surface area (Å²) in [6.45, 7) is 6.68. The molecule has 3 rings (SSSR count). The van der Waals surface area contributed by atoms with E-state index < -0.39 is 0 Å². The van der Waals surface area contributed by atoms with Gasteiger partial charge in [-0.1, -0.05) is 11.3 Å². The Morgan fingerprint density at radius 3 is 2.79 bits per heavy atom. The lowest BCUT2D eigenvalue weighted by molar-refractivity contribution is -0.115. The van der Waals surface area contributed by atoms with E-state index in [1.54, 1.807) is 0 Å². The Labute approximate surface area is 147 Å². The quantitative estimate of drug-likeness (QED) is 0.728. The van der Waals surface area contributed by atoms with Gasteiger partial charge in [0.15, 0.2) is 0 Å². The molecule has 3 aromatic rings. The van der Waals surface area contributed by atoms with Crippen LogP contribution in [0.1, 0.15) is 27.1 Å². The maximum absolute atomic E-state index is 12.0. The molecule has 3 heterocycles. The van der Waals surface area contributed by atoms with Crippen molar-refractivity contribution in [3.8, 4) is 0 Å². The van der Waals surface area contributed by atoms with Crippen molar-refractivity contribution in [1.29, 1.82) is 0 Å². The number of rotatable bonds is 6. The molecule has 7 nitrogen and oxygen atoms in total. The molecule has 0 aliphatic carbocycles. The van der Waals surface area contributed by atoms with Crippen molar-refractivity contribution < 1.29 is 4.79 Å². The highest BCUT2D eigenvalue weighted by Crippen LogP contribution is 2.17. The molecule has 3 aromatic heterocycles. The minimum absolute atomic E-state index is 0.124. The Balaban J connectivity index is 1.53. The highest BCUT2D eigenvalue weighted by atomic mass is 32.1. The summed E-state index contributed by atoms with van der Waals surface area (Å²) in [5.74, 6) is -0.124. The minimum atomic E-state index is -0.124. The fraction of sp³-hybridized carbons (Fsp3) is 0.400. The third-order valence-corrected chi connectivity index (χ3v) is 5.08. The fourth-order valence-corrected chi connectivity index (χ4v) is 3.68. The second-order valence-corrected chi connectivity index (χ2v) is 7.61. The lowest BCUT2D eigenvalue weighted by Gasteiger charge is -2.01. The second-order valence-electron chi connectivity index (χ2n) is 5.48. The van der Waals surface area contributed by atoms with Crippen molar-refractivity contribution in [2.75, 3.05) is 5.32 Å². The highest BCUT2D eigenvalue weighted by Gasteiger charge is 2.11. The van der Waals surface area contributed by atoms with Gasteiger partial charge < -0.3 is 5.32 Å². The van der Waals surface area contributed by atoms with Crippen LogP contribution in [0.4, 0.5) is 5.13 Å². The van der Waals surface area contributed by atoms with Gasteiger partial charge >= 0.3 is 0 Å². The van der Waals surface area contributed by atoms with Crippen molar-refractivity contribution in [3.63, 3.8) is 0 Å². The lowest BCUT2D eigenvalue weighted by Crippen LogP contribution is -2.14. The molecule has 126 valence electrons. The highest BCUT2D eigenvalue weighted by molar-refractivity contribution is 7.15. The van der Waals surface area contributed by atoms with Gasteiger partial charge in [0, 0.05) is 24.0 Å².